The zero-order valence-corrected chi connectivity index (χ0v) is 11.7. The minimum absolute atomic E-state index is 0.0993. The molecule has 0 saturated carbocycles. The predicted molar refractivity (Wildman–Crippen MR) is 78.8 cm³/mol. The second-order valence-corrected chi connectivity index (χ2v) is 5.43. The van der Waals surface area contributed by atoms with Gasteiger partial charge in [0.15, 0.2) is 0 Å². The number of phenolic OH excluding ortho intramolecular Hbond substituents is 1. The molecule has 0 saturated heterocycles. The molecular formula is C15H17NO2S. The molecule has 19 heavy (non-hydrogen) atoms. The molecule has 0 bridgehead atoms. The van der Waals surface area contributed by atoms with Crippen molar-refractivity contribution in [2.75, 3.05) is 11.9 Å². The molecule has 0 radical (unpaired) electrons. The number of rotatable bonds is 5. The fourth-order valence-corrected chi connectivity index (χ4v) is 2.61. The molecule has 1 N–H and O–H groups in total. The number of thiophene rings is 1. The van der Waals surface area contributed by atoms with Gasteiger partial charge in [-0.2, -0.15) is 0 Å². The summed E-state index contributed by atoms with van der Waals surface area (Å²) in [7, 11) is 1.76. The Balaban J connectivity index is 1.83. The quantitative estimate of drug-likeness (QED) is 0.908. The van der Waals surface area contributed by atoms with Gasteiger partial charge in [-0.1, -0.05) is 6.07 Å². The first kappa shape index (κ1) is 13.6. The van der Waals surface area contributed by atoms with E-state index in [0.29, 0.717) is 6.42 Å². The molecule has 1 aromatic heterocycles. The van der Waals surface area contributed by atoms with Crippen LogP contribution in [-0.2, 0) is 11.2 Å². The van der Waals surface area contributed by atoms with Crippen LogP contribution in [0, 0.1) is 0 Å². The monoisotopic (exact) mass is 275 g/mol. The second-order valence-electron chi connectivity index (χ2n) is 4.40. The highest BCUT2D eigenvalue weighted by Crippen LogP contribution is 2.19. The van der Waals surface area contributed by atoms with E-state index >= 15 is 0 Å². The van der Waals surface area contributed by atoms with Crippen molar-refractivity contribution in [1.82, 2.24) is 0 Å². The molecule has 0 atom stereocenters. The van der Waals surface area contributed by atoms with Crippen LogP contribution < -0.4 is 4.90 Å². The summed E-state index contributed by atoms with van der Waals surface area (Å²) in [5.41, 5.74) is 0.805. The topological polar surface area (TPSA) is 40.5 Å². The lowest BCUT2D eigenvalue weighted by molar-refractivity contribution is -0.118. The first-order valence-electron chi connectivity index (χ1n) is 6.25. The van der Waals surface area contributed by atoms with Crippen LogP contribution in [0.25, 0.3) is 0 Å². The second kappa shape index (κ2) is 6.38. The van der Waals surface area contributed by atoms with Crippen LogP contribution in [0.5, 0.6) is 5.75 Å². The predicted octanol–water partition coefficient (Wildman–Crippen LogP) is 3.44. The van der Waals surface area contributed by atoms with E-state index in [1.165, 1.54) is 4.88 Å². The minimum atomic E-state index is 0.0993. The number of amides is 1. The normalized spacial score (nSPS) is 10.4. The first-order chi connectivity index (χ1) is 9.16. The molecule has 4 heteroatoms. The van der Waals surface area contributed by atoms with E-state index in [9.17, 15) is 9.90 Å². The van der Waals surface area contributed by atoms with Crippen LogP contribution in [0.3, 0.4) is 0 Å². The van der Waals surface area contributed by atoms with Crippen molar-refractivity contribution in [3.8, 4) is 5.75 Å². The molecular weight excluding hydrogens is 258 g/mol. The third-order valence-electron chi connectivity index (χ3n) is 3.01. The number of phenols is 1. The number of aryl methyl sites for hydroxylation is 1. The molecule has 2 aromatic rings. The van der Waals surface area contributed by atoms with Gasteiger partial charge in [-0.3, -0.25) is 4.79 Å². The summed E-state index contributed by atoms with van der Waals surface area (Å²) in [6.07, 6.45) is 2.35. The molecule has 1 aromatic carbocycles. The highest BCUT2D eigenvalue weighted by Gasteiger charge is 2.10. The Morgan fingerprint density at radius 2 is 2.00 bits per heavy atom. The van der Waals surface area contributed by atoms with Crippen molar-refractivity contribution in [3.05, 3.63) is 46.7 Å². The number of hydrogen-bond donors (Lipinski definition) is 1. The van der Waals surface area contributed by atoms with E-state index < -0.39 is 0 Å². The van der Waals surface area contributed by atoms with Crippen LogP contribution in [-0.4, -0.2) is 18.1 Å². The summed E-state index contributed by atoms with van der Waals surface area (Å²) in [6, 6.07) is 10.8. The van der Waals surface area contributed by atoms with Gasteiger partial charge in [-0.05, 0) is 48.6 Å². The molecule has 100 valence electrons. The fraction of sp³-hybridized carbons (Fsp3) is 0.267. The van der Waals surface area contributed by atoms with E-state index in [1.54, 1.807) is 47.5 Å². The van der Waals surface area contributed by atoms with E-state index in [4.69, 9.17) is 0 Å². The molecule has 1 amide bonds. The number of benzene rings is 1. The molecule has 1 heterocycles. The fourth-order valence-electron chi connectivity index (χ4n) is 1.86. The average Bonchev–Trinajstić information content (AvgIpc) is 2.92. The smallest absolute Gasteiger partial charge is 0.226 e. The van der Waals surface area contributed by atoms with Gasteiger partial charge >= 0.3 is 0 Å². The van der Waals surface area contributed by atoms with Crippen molar-refractivity contribution in [1.29, 1.82) is 0 Å². The number of nitrogens with zero attached hydrogens (tertiary/aromatic N) is 1. The Morgan fingerprint density at radius 3 is 2.63 bits per heavy atom. The minimum Gasteiger partial charge on any atom is -0.508 e. The lowest BCUT2D eigenvalue weighted by Gasteiger charge is -2.17. The Morgan fingerprint density at radius 1 is 1.26 bits per heavy atom. The summed E-state index contributed by atoms with van der Waals surface area (Å²) in [5, 5.41) is 11.3. The lowest BCUT2D eigenvalue weighted by Crippen LogP contribution is -2.25. The van der Waals surface area contributed by atoms with Crippen molar-refractivity contribution in [2.24, 2.45) is 0 Å². The van der Waals surface area contributed by atoms with Crippen molar-refractivity contribution < 1.29 is 9.90 Å². The molecule has 0 unspecified atom stereocenters. The van der Waals surface area contributed by atoms with Crippen LogP contribution in [0.15, 0.2) is 41.8 Å². The number of carbonyl (C=O) groups excluding carboxylic acids is 1. The number of aromatic hydroxyl groups is 1. The van der Waals surface area contributed by atoms with Crippen LogP contribution in [0.2, 0.25) is 0 Å². The highest BCUT2D eigenvalue weighted by atomic mass is 32.1. The van der Waals surface area contributed by atoms with Crippen LogP contribution in [0.1, 0.15) is 17.7 Å². The van der Waals surface area contributed by atoms with Crippen molar-refractivity contribution >= 4 is 22.9 Å². The molecule has 0 aliphatic rings. The van der Waals surface area contributed by atoms with Crippen molar-refractivity contribution in [2.45, 2.75) is 19.3 Å². The average molecular weight is 275 g/mol. The molecule has 0 aliphatic heterocycles. The molecule has 0 aliphatic carbocycles. The van der Waals surface area contributed by atoms with Crippen molar-refractivity contribution in [3.63, 3.8) is 0 Å². The molecule has 0 spiro atoms. The number of anilines is 1. The van der Waals surface area contributed by atoms with Gasteiger partial charge in [0.2, 0.25) is 5.91 Å². The Kier molecular flexibility index (Phi) is 4.58. The van der Waals surface area contributed by atoms with Gasteiger partial charge in [0.1, 0.15) is 5.75 Å². The highest BCUT2D eigenvalue weighted by molar-refractivity contribution is 7.09. The van der Waals surface area contributed by atoms with Gasteiger partial charge in [-0.15, -0.1) is 11.3 Å². The number of hydrogen-bond acceptors (Lipinski definition) is 3. The maximum Gasteiger partial charge on any atom is 0.226 e. The van der Waals surface area contributed by atoms with Crippen LogP contribution in [0.4, 0.5) is 5.69 Å². The third kappa shape index (κ3) is 3.83. The Labute approximate surface area is 117 Å². The molecule has 0 fully saturated rings. The van der Waals surface area contributed by atoms with Gasteiger partial charge in [0, 0.05) is 24.0 Å². The number of carbonyl (C=O) groups is 1. The SMILES string of the molecule is CN(C(=O)CCCc1cccs1)c1ccc(O)cc1. The summed E-state index contributed by atoms with van der Waals surface area (Å²) in [4.78, 5) is 15.0. The maximum atomic E-state index is 12.0. The first-order valence-corrected chi connectivity index (χ1v) is 7.13. The van der Waals surface area contributed by atoms with Gasteiger partial charge in [-0.25, -0.2) is 0 Å². The van der Waals surface area contributed by atoms with E-state index in [1.807, 2.05) is 6.07 Å². The van der Waals surface area contributed by atoms with E-state index in [2.05, 4.69) is 11.4 Å². The summed E-state index contributed by atoms with van der Waals surface area (Å²) < 4.78 is 0. The van der Waals surface area contributed by atoms with E-state index in [-0.39, 0.29) is 11.7 Å². The van der Waals surface area contributed by atoms with Crippen LogP contribution >= 0.6 is 11.3 Å². The summed E-state index contributed by atoms with van der Waals surface area (Å²) in [6.45, 7) is 0. The Hall–Kier alpha value is -1.81. The summed E-state index contributed by atoms with van der Waals surface area (Å²) >= 11 is 1.73. The lowest BCUT2D eigenvalue weighted by atomic mass is 10.2. The Bertz CT molecular complexity index is 520. The van der Waals surface area contributed by atoms with Gasteiger partial charge in [0.25, 0.3) is 0 Å². The zero-order chi connectivity index (χ0) is 13.7. The van der Waals surface area contributed by atoms with Gasteiger partial charge in [0.05, 0.1) is 0 Å². The standard InChI is InChI=1S/C15H17NO2S/c1-16(12-7-9-13(17)10-8-12)15(18)6-2-4-14-5-3-11-19-14/h3,5,7-11,17H,2,4,6H2,1H3. The zero-order valence-electron chi connectivity index (χ0n) is 10.9. The molecule has 2 rings (SSSR count). The van der Waals surface area contributed by atoms with Gasteiger partial charge < -0.3 is 10.0 Å². The third-order valence-corrected chi connectivity index (χ3v) is 3.94. The largest absolute Gasteiger partial charge is 0.508 e. The maximum absolute atomic E-state index is 12.0. The molecule has 3 nitrogen and oxygen atoms in total. The van der Waals surface area contributed by atoms with E-state index in [0.717, 1.165) is 18.5 Å². The summed E-state index contributed by atoms with van der Waals surface area (Å²) in [5.74, 6) is 0.310.